The average Bonchev–Trinajstić information content (AvgIpc) is 2.54. The molecule has 1 rings (SSSR count). The summed E-state index contributed by atoms with van der Waals surface area (Å²) in [5, 5.41) is 8.81. The minimum absolute atomic E-state index is 0.463. The van der Waals surface area contributed by atoms with Gasteiger partial charge in [0.15, 0.2) is 0 Å². The highest BCUT2D eigenvalue weighted by Gasteiger charge is 2.35. The number of hydrogen-bond donors (Lipinski definition) is 2. The third-order valence-electron chi connectivity index (χ3n) is 2.64. The predicted molar refractivity (Wildman–Crippen MR) is 51.2 cm³/mol. The van der Waals surface area contributed by atoms with Gasteiger partial charge in [-0.1, -0.05) is 37.6 Å². The fourth-order valence-corrected chi connectivity index (χ4v) is 1.43. The molecule has 72 valence electrons. The molecule has 0 aliphatic heterocycles. The fraction of sp³-hybridized carbons (Fsp3) is 0.500. The highest BCUT2D eigenvalue weighted by Crippen LogP contribution is 2.34. The number of carbonyl (C=O) groups is 1. The summed E-state index contributed by atoms with van der Waals surface area (Å²) in [4.78, 5) is 10.7. The van der Waals surface area contributed by atoms with Gasteiger partial charge < -0.3 is 10.8 Å². The summed E-state index contributed by atoms with van der Waals surface area (Å²) in [7, 11) is 0. The molecule has 0 aromatic heterocycles. The molecule has 0 saturated carbocycles. The summed E-state index contributed by atoms with van der Waals surface area (Å²) < 4.78 is 0. The van der Waals surface area contributed by atoms with Crippen LogP contribution in [0, 0.1) is 5.41 Å². The van der Waals surface area contributed by atoms with Gasteiger partial charge in [0.1, 0.15) is 6.04 Å². The van der Waals surface area contributed by atoms with Crippen molar-refractivity contribution in [3.8, 4) is 0 Å². The average molecular weight is 181 g/mol. The molecule has 0 aromatic rings. The van der Waals surface area contributed by atoms with Crippen LogP contribution in [0.1, 0.15) is 20.3 Å². The van der Waals surface area contributed by atoms with Crippen LogP contribution in [0.4, 0.5) is 0 Å². The van der Waals surface area contributed by atoms with Gasteiger partial charge in [0.25, 0.3) is 0 Å². The number of nitrogens with two attached hydrogens (primary N) is 1. The summed E-state index contributed by atoms with van der Waals surface area (Å²) in [6.45, 7) is 3.73. The number of carboxylic acid groups (broad SMARTS) is 1. The van der Waals surface area contributed by atoms with Gasteiger partial charge in [-0.05, 0) is 6.42 Å². The first-order valence-electron chi connectivity index (χ1n) is 4.31. The van der Waals surface area contributed by atoms with Gasteiger partial charge in [-0.2, -0.15) is 0 Å². The van der Waals surface area contributed by atoms with E-state index in [2.05, 4.69) is 0 Å². The van der Waals surface area contributed by atoms with E-state index in [1.807, 2.05) is 32.1 Å². The molecule has 0 unspecified atom stereocenters. The molecule has 0 fully saturated rings. The Hall–Kier alpha value is -1.09. The first kappa shape index (κ1) is 9.99. The van der Waals surface area contributed by atoms with Crippen molar-refractivity contribution in [2.45, 2.75) is 26.3 Å². The molecule has 1 aliphatic carbocycles. The van der Waals surface area contributed by atoms with Gasteiger partial charge in [0.05, 0.1) is 0 Å². The minimum Gasteiger partial charge on any atom is -0.480 e. The number of allylic oxidation sites excluding steroid dienone is 3. The summed E-state index contributed by atoms with van der Waals surface area (Å²) >= 11 is 0. The first-order chi connectivity index (χ1) is 5.96. The van der Waals surface area contributed by atoms with Gasteiger partial charge >= 0.3 is 5.97 Å². The fourth-order valence-electron chi connectivity index (χ4n) is 1.43. The lowest BCUT2D eigenvalue weighted by Gasteiger charge is -2.30. The van der Waals surface area contributed by atoms with Gasteiger partial charge in [0.2, 0.25) is 0 Å². The number of rotatable bonds is 3. The van der Waals surface area contributed by atoms with E-state index in [9.17, 15) is 4.79 Å². The lowest BCUT2D eigenvalue weighted by atomic mass is 9.77. The quantitative estimate of drug-likeness (QED) is 0.690. The van der Waals surface area contributed by atoms with Crippen LogP contribution >= 0.6 is 0 Å². The van der Waals surface area contributed by atoms with Crippen molar-refractivity contribution in [2.75, 3.05) is 0 Å². The van der Waals surface area contributed by atoms with Crippen molar-refractivity contribution in [2.24, 2.45) is 11.1 Å². The lowest BCUT2D eigenvalue weighted by Crippen LogP contribution is -2.44. The molecule has 1 atom stereocenters. The number of aliphatic carboxylic acids is 1. The topological polar surface area (TPSA) is 63.3 Å². The summed E-state index contributed by atoms with van der Waals surface area (Å²) in [6, 6.07) is -0.835. The molecular formula is C10H15NO2. The second-order valence-electron chi connectivity index (χ2n) is 3.86. The Kier molecular flexibility index (Phi) is 2.57. The molecular weight excluding hydrogens is 166 g/mol. The van der Waals surface area contributed by atoms with Crippen LogP contribution in [0.3, 0.4) is 0 Å². The second kappa shape index (κ2) is 3.34. The predicted octanol–water partition coefficient (Wildman–Crippen LogP) is 1.31. The van der Waals surface area contributed by atoms with Crippen LogP contribution < -0.4 is 5.73 Å². The van der Waals surface area contributed by atoms with Crippen molar-refractivity contribution in [3.05, 3.63) is 23.8 Å². The Morgan fingerprint density at radius 1 is 1.69 bits per heavy atom. The first-order valence-corrected chi connectivity index (χ1v) is 4.31. The van der Waals surface area contributed by atoms with Crippen LogP contribution in [-0.4, -0.2) is 17.1 Å². The van der Waals surface area contributed by atoms with Gasteiger partial charge in [0, 0.05) is 5.41 Å². The maximum Gasteiger partial charge on any atom is 0.321 e. The molecule has 0 spiro atoms. The van der Waals surface area contributed by atoms with E-state index in [-0.39, 0.29) is 0 Å². The molecule has 3 nitrogen and oxygen atoms in total. The zero-order chi connectivity index (χ0) is 10.1. The molecule has 3 heteroatoms. The number of hydrogen-bond acceptors (Lipinski definition) is 2. The van der Waals surface area contributed by atoms with Crippen LogP contribution in [0.15, 0.2) is 23.8 Å². The molecule has 0 bridgehead atoms. The Morgan fingerprint density at radius 3 is 2.69 bits per heavy atom. The van der Waals surface area contributed by atoms with Crippen LogP contribution in [0.2, 0.25) is 0 Å². The highest BCUT2D eigenvalue weighted by molar-refractivity contribution is 5.75. The lowest BCUT2D eigenvalue weighted by molar-refractivity contribution is -0.140. The van der Waals surface area contributed by atoms with E-state index in [1.54, 1.807) is 0 Å². The Morgan fingerprint density at radius 2 is 2.31 bits per heavy atom. The number of carboxylic acids is 1. The maximum atomic E-state index is 10.7. The van der Waals surface area contributed by atoms with Gasteiger partial charge in [-0.3, -0.25) is 4.79 Å². The summed E-state index contributed by atoms with van der Waals surface area (Å²) in [6.07, 6.45) is 6.70. The molecule has 0 aromatic carbocycles. The molecule has 0 amide bonds. The van der Waals surface area contributed by atoms with E-state index in [4.69, 9.17) is 10.8 Å². The van der Waals surface area contributed by atoms with Crippen LogP contribution in [-0.2, 0) is 4.79 Å². The third-order valence-corrected chi connectivity index (χ3v) is 2.64. The smallest absolute Gasteiger partial charge is 0.321 e. The highest BCUT2D eigenvalue weighted by atomic mass is 16.4. The van der Waals surface area contributed by atoms with Crippen molar-refractivity contribution in [3.63, 3.8) is 0 Å². The van der Waals surface area contributed by atoms with E-state index in [0.717, 1.165) is 12.0 Å². The van der Waals surface area contributed by atoms with Crippen molar-refractivity contribution in [1.82, 2.24) is 0 Å². The van der Waals surface area contributed by atoms with Gasteiger partial charge in [-0.15, -0.1) is 0 Å². The maximum absolute atomic E-state index is 10.7. The molecule has 0 heterocycles. The second-order valence-corrected chi connectivity index (χ2v) is 3.86. The third kappa shape index (κ3) is 1.80. The molecule has 0 radical (unpaired) electrons. The SMILES string of the molecule is CC(C)(C1=CC=CC1)[C@H](N)C(=O)O. The Labute approximate surface area is 77.9 Å². The van der Waals surface area contributed by atoms with E-state index < -0.39 is 17.4 Å². The van der Waals surface area contributed by atoms with E-state index >= 15 is 0 Å². The van der Waals surface area contributed by atoms with Gasteiger partial charge in [-0.25, -0.2) is 0 Å². The van der Waals surface area contributed by atoms with E-state index in [1.165, 1.54) is 0 Å². The van der Waals surface area contributed by atoms with Crippen molar-refractivity contribution < 1.29 is 9.90 Å². The normalized spacial score (nSPS) is 18.5. The monoisotopic (exact) mass is 181 g/mol. The Balaban J connectivity index is 2.81. The van der Waals surface area contributed by atoms with Crippen LogP contribution in [0.25, 0.3) is 0 Å². The summed E-state index contributed by atoms with van der Waals surface area (Å²) in [5.74, 6) is -0.946. The zero-order valence-electron chi connectivity index (χ0n) is 7.95. The molecule has 1 aliphatic rings. The minimum atomic E-state index is -0.946. The van der Waals surface area contributed by atoms with E-state index in [0.29, 0.717) is 0 Å². The molecule has 0 saturated heterocycles. The largest absolute Gasteiger partial charge is 0.480 e. The molecule has 13 heavy (non-hydrogen) atoms. The van der Waals surface area contributed by atoms with Crippen molar-refractivity contribution >= 4 is 5.97 Å². The van der Waals surface area contributed by atoms with Crippen molar-refractivity contribution in [1.29, 1.82) is 0 Å². The summed E-state index contributed by atoms with van der Waals surface area (Å²) in [5.41, 5.74) is 6.23. The molecule has 3 N–H and O–H groups in total. The standard InChI is InChI=1S/C10H15NO2/c1-10(2,8(11)9(12)13)7-5-3-4-6-7/h3-5,8H,6,11H2,1-2H3,(H,12,13)/t8-/m1/s1. The Bertz CT molecular complexity index is 277. The van der Waals surface area contributed by atoms with Crippen LogP contribution in [0.5, 0.6) is 0 Å². The zero-order valence-corrected chi connectivity index (χ0v) is 7.95.